The Labute approximate surface area is 137 Å². The molecule has 0 fully saturated rings. The summed E-state index contributed by atoms with van der Waals surface area (Å²) in [6, 6.07) is 4.22. The molecule has 0 saturated carbocycles. The first kappa shape index (κ1) is 19.4. The molecule has 0 aliphatic heterocycles. The third-order valence-corrected chi connectivity index (χ3v) is 4.50. The van der Waals surface area contributed by atoms with Crippen molar-refractivity contribution in [1.29, 1.82) is 0 Å². The molecule has 0 bridgehead atoms. The first-order chi connectivity index (χ1) is 10.5. The Kier molecular flexibility index (Phi) is 6.12. The van der Waals surface area contributed by atoms with Crippen LogP contribution in [0.15, 0.2) is 40.8 Å². The van der Waals surface area contributed by atoms with Crippen molar-refractivity contribution in [1.82, 2.24) is 0 Å². The highest BCUT2D eigenvalue weighted by Crippen LogP contribution is 2.31. The van der Waals surface area contributed by atoms with Crippen molar-refractivity contribution >= 4 is 27.3 Å². The van der Waals surface area contributed by atoms with Crippen molar-refractivity contribution in [2.24, 2.45) is 0 Å². The molecule has 128 valence electrons. The van der Waals surface area contributed by atoms with Gasteiger partial charge in [-0.25, -0.2) is 8.42 Å². The first-order valence-corrected chi connectivity index (χ1v) is 8.15. The van der Waals surface area contributed by atoms with Crippen molar-refractivity contribution in [3.63, 3.8) is 0 Å². The lowest BCUT2D eigenvalue weighted by Crippen LogP contribution is -2.16. The molecule has 0 amide bonds. The molecular weight excluding hydrogens is 355 g/mol. The average Bonchev–Trinajstić information content (AvgIpc) is 2.42. The number of hydrogen-bond acceptors (Lipinski definition) is 3. The van der Waals surface area contributed by atoms with Crippen LogP contribution < -0.4 is 9.46 Å². The van der Waals surface area contributed by atoms with E-state index in [4.69, 9.17) is 16.3 Å². The van der Waals surface area contributed by atoms with Gasteiger partial charge in [0.15, 0.2) is 0 Å². The van der Waals surface area contributed by atoms with E-state index in [2.05, 4.69) is 4.72 Å². The predicted octanol–water partition coefficient (Wildman–Crippen LogP) is 4.50. The Morgan fingerprint density at radius 3 is 2.43 bits per heavy atom. The van der Waals surface area contributed by atoms with E-state index in [1.54, 1.807) is 0 Å². The fourth-order valence-corrected chi connectivity index (χ4v) is 2.96. The molecule has 9 heteroatoms. The standard InChI is InChI=1S/C14H15ClF3NO3S/c1-4-11(7-9(2)14(16,17)18)23(20,21)19-12-8-10(15)5-6-13(12)22-3/h4-8,19H,1-3H3/b9-7+,11-4+. The van der Waals surface area contributed by atoms with Gasteiger partial charge >= 0.3 is 6.18 Å². The zero-order valence-electron chi connectivity index (χ0n) is 12.5. The van der Waals surface area contributed by atoms with Gasteiger partial charge in [0.1, 0.15) is 5.75 Å². The Bertz CT molecular complexity index is 740. The lowest BCUT2D eigenvalue weighted by Gasteiger charge is -2.14. The summed E-state index contributed by atoms with van der Waals surface area (Å²) in [6.07, 6.45) is -2.99. The summed E-state index contributed by atoms with van der Waals surface area (Å²) in [6.45, 7) is 2.11. The van der Waals surface area contributed by atoms with Crippen LogP contribution in [0, 0.1) is 0 Å². The highest BCUT2D eigenvalue weighted by molar-refractivity contribution is 7.96. The van der Waals surface area contributed by atoms with E-state index >= 15 is 0 Å². The summed E-state index contributed by atoms with van der Waals surface area (Å²) < 4.78 is 69.5. The molecular formula is C14H15ClF3NO3S. The zero-order chi connectivity index (χ0) is 17.8. The van der Waals surface area contributed by atoms with E-state index in [1.807, 2.05) is 0 Å². The second-order valence-electron chi connectivity index (χ2n) is 4.47. The fourth-order valence-electron chi connectivity index (χ4n) is 1.57. The van der Waals surface area contributed by atoms with Crippen molar-refractivity contribution in [3.05, 3.63) is 45.9 Å². The summed E-state index contributed by atoms with van der Waals surface area (Å²) >= 11 is 5.79. The quantitative estimate of drug-likeness (QED) is 0.777. The molecule has 0 radical (unpaired) electrons. The number of ether oxygens (including phenoxy) is 1. The third kappa shape index (κ3) is 5.18. The molecule has 0 unspecified atom stereocenters. The monoisotopic (exact) mass is 369 g/mol. The van der Waals surface area contributed by atoms with E-state index in [-0.39, 0.29) is 16.5 Å². The number of rotatable bonds is 5. The Balaban J connectivity index is 3.24. The van der Waals surface area contributed by atoms with Crippen LogP contribution in [0.5, 0.6) is 5.75 Å². The van der Waals surface area contributed by atoms with Gasteiger partial charge in [-0.3, -0.25) is 4.72 Å². The molecule has 0 spiro atoms. The zero-order valence-corrected chi connectivity index (χ0v) is 14.1. The molecule has 0 aromatic heterocycles. The van der Waals surface area contributed by atoms with Gasteiger partial charge < -0.3 is 4.74 Å². The minimum absolute atomic E-state index is 0.0254. The van der Waals surface area contributed by atoms with Gasteiger partial charge in [-0.05, 0) is 38.1 Å². The molecule has 1 aromatic rings. The second-order valence-corrected chi connectivity index (χ2v) is 6.59. The minimum Gasteiger partial charge on any atom is -0.495 e. The lowest BCUT2D eigenvalue weighted by molar-refractivity contribution is -0.0913. The number of sulfonamides is 1. The number of alkyl halides is 3. The van der Waals surface area contributed by atoms with Crippen LogP contribution in [0.2, 0.25) is 5.02 Å². The predicted molar refractivity (Wildman–Crippen MR) is 84.1 cm³/mol. The van der Waals surface area contributed by atoms with Gasteiger partial charge in [0.05, 0.1) is 17.7 Å². The van der Waals surface area contributed by atoms with Crippen LogP contribution in [-0.4, -0.2) is 21.7 Å². The van der Waals surface area contributed by atoms with E-state index in [0.29, 0.717) is 6.08 Å². The number of halogens is 4. The Morgan fingerprint density at radius 2 is 1.96 bits per heavy atom. The van der Waals surface area contributed by atoms with E-state index < -0.39 is 26.7 Å². The molecule has 0 aliphatic rings. The normalized spacial score (nSPS) is 13.9. The number of hydrogen-bond donors (Lipinski definition) is 1. The van der Waals surface area contributed by atoms with Gasteiger partial charge in [-0.2, -0.15) is 13.2 Å². The Morgan fingerprint density at radius 1 is 1.35 bits per heavy atom. The number of methoxy groups -OCH3 is 1. The smallest absolute Gasteiger partial charge is 0.412 e. The van der Waals surface area contributed by atoms with Gasteiger partial charge in [-0.1, -0.05) is 17.7 Å². The van der Waals surface area contributed by atoms with E-state index in [1.165, 1.54) is 32.2 Å². The Hall–Kier alpha value is -1.67. The lowest BCUT2D eigenvalue weighted by atomic mass is 10.2. The average molecular weight is 370 g/mol. The number of anilines is 1. The van der Waals surface area contributed by atoms with Crippen molar-refractivity contribution < 1.29 is 26.3 Å². The molecule has 0 heterocycles. The number of nitrogens with one attached hydrogen (secondary N) is 1. The minimum atomic E-state index is -4.61. The molecule has 1 rings (SSSR count). The van der Waals surface area contributed by atoms with Gasteiger partial charge in [-0.15, -0.1) is 0 Å². The number of allylic oxidation sites excluding steroid dienone is 3. The maximum Gasteiger partial charge on any atom is 0.412 e. The summed E-state index contributed by atoms with van der Waals surface area (Å²) in [5, 5.41) is 0.243. The van der Waals surface area contributed by atoms with Crippen LogP contribution in [0.1, 0.15) is 13.8 Å². The van der Waals surface area contributed by atoms with Crippen molar-refractivity contribution in [2.45, 2.75) is 20.0 Å². The highest BCUT2D eigenvalue weighted by Gasteiger charge is 2.31. The van der Waals surface area contributed by atoms with Crippen LogP contribution in [0.25, 0.3) is 0 Å². The van der Waals surface area contributed by atoms with Crippen molar-refractivity contribution in [2.75, 3.05) is 11.8 Å². The van der Waals surface area contributed by atoms with Crippen LogP contribution in [0.4, 0.5) is 18.9 Å². The molecule has 1 N–H and O–H groups in total. The summed E-state index contributed by atoms with van der Waals surface area (Å²) in [5.41, 5.74) is -1.01. The molecule has 0 saturated heterocycles. The largest absolute Gasteiger partial charge is 0.495 e. The van der Waals surface area contributed by atoms with Crippen LogP contribution in [0.3, 0.4) is 0 Å². The molecule has 0 atom stereocenters. The van der Waals surface area contributed by atoms with Crippen LogP contribution >= 0.6 is 11.6 Å². The van der Waals surface area contributed by atoms with E-state index in [9.17, 15) is 21.6 Å². The first-order valence-electron chi connectivity index (χ1n) is 6.29. The summed E-state index contributed by atoms with van der Waals surface area (Å²) in [7, 11) is -2.91. The maximum atomic E-state index is 12.6. The number of benzene rings is 1. The van der Waals surface area contributed by atoms with Crippen molar-refractivity contribution in [3.8, 4) is 5.75 Å². The highest BCUT2D eigenvalue weighted by atomic mass is 35.5. The SMILES string of the molecule is C/C=C(\C=C(/C)C(F)(F)F)S(=O)(=O)Nc1cc(Cl)ccc1OC. The van der Waals surface area contributed by atoms with Gasteiger partial charge in [0, 0.05) is 10.6 Å². The maximum absolute atomic E-state index is 12.6. The molecule has 4 nitrogen and oxygen atoms in total. The summed E-state index contributed by atoms with van der Waals surface area (Å²) in [4.78, 5) is -0.519. The van der Waals surface area contributed by atoms with E-state index in [0.717, 1.165) is 13.0 Å². The molecule has 0 aliphatic carbocycles. The fraction of sp³-hybridized carbons (Fsp3) is 0.286. The topological polar surface area (TPSA) is 55.4 Å². The third-order valence-electron chi connectivity index (χ3n) is 2.81. The summed E-state index contributed by atoms with van der Waals surface area (Å²) in [5.74, 6) is 0.185. The molecule has 23 heavy (non-hydrogen) atoms. The molecule has 1 aromatic carbocycles. The van der Waals surface area contributed by atoms with Crippen LogP contribution in [-0.2, 0) is 10.0 Å². The second kappa shape index (κ2) is 7.27. The van der Waals surface area contributed by atoms with Gasteiger partial charge in [0.25, 0.3) is 10.0 Å². The van der Waals surface area contributed by atoms with Gasteiger partial charge in [0.2, 0.25) is 0 Å².